The highest BCUT2D eigenvalue weighted by Crippen LogP contribution is 2.28. The van der Waals surface area contributed by atoms with Gasteiger partial charge in [-0.2, -0.15) is 17.4 Å². The van der Waals surface area contributed by atoms with Crippen LogP contribution in [0.25, 0.3) is 10.8 Å². The molecule has 0 aliphatic heterocycles. The number of carbonyl (C=O) groups is 1. The molecule has 0 bridgehead atoms. The van der Waals surface area contributed by atoms with Gasteiger partial charge in [0.2, 0.25) is 10.0 Å². The van der Waals surface area contributed by atoms with Crippen molar-refractivity contribution in [3.63, 3.8) is 0 Å². The monoisotopic (exact) mass is 369 g/mol. The first-order valence-electron chi connectivity index (χ1n) is 7.07. The van der Waals surface area contributed by atoms with Crippen LogP contribution in [0, 0.1) is 0 Å². The first-order chi connectivity index (χ1) is 11.3. The van der Waals surface area contributed by atoms with E-state index in [0.29, 0.717) is 0 Å². The van der Waals surface area contributed by atoms with Gasteiger partial charge in [0, 0.05) is 30.9 Å². The number of hydroxylamine groups is 1. The molecule has 24 heavy (non-hydrogen) atoms. The van der Waals surface area contributed by atoms with Crippen LogP contribution in [0.5, 0.6) is 0 Å². The Bertz CT molecular complexity index is 853. The first-order valence-corrected chi connectivity index (χ1v) is 9.19. The predicted molar refractivity (Wildman–Crippen MR) is 96.2 cm³/mol. The van der Waals surface area contributed by atoms with Crippen LogP contribution in [0.2, 0.25) is 0 Å². The van der Waals surface area contributed by atoms with Crippen molar-refractivity contribution in [1.29, 1.82) is 0 Å². The lowest BCUT2D eigenvalue weighted by Gasteiger charge is -2.17. The van der Waals surface area contributed by atoms with Crippen LogP contribution in [-0.2, 0) is 14.8 Å². The standard InChI is InChI=1S/C15H19N3O4S2/c1-18(2)14-5-3-4-10-6-7-11(8-12(10)14)24(21,22)17-13(9-23)15(19)16-20/h3-8,13,17,20,23H,9H2,1-2H3,(H,16,19)/t13-/m0/s1. The molecule has 0 saturated carbocycles. The van der Waals surface area contributed by atoms with Gasteiger partial charge in [0.15, 0.2) is 0 Å². The summed E-state index contributed by atoms with van der Waals surface area (Å²) in [5, 5.41) is 10.3. The Balaban J connectivity index is 2.47. The largest absolute Gasteiger partial charge is 0.377 e. The number of sulfonamides is 1. The lowest BCUT2D eigenvalue weighted by atomic mass is 10.1. The van der Waals surface area contributed by atoms with Crippen molar-refractivity contribution in [2.75, 3.05) is 24.7 Å². The molecule has 9 heteroatoms. The highest BCUT2D eigenvalue weighted by molar-refractivity contribution is 7.89. The Hall–Kier alpha value is -1.81. The minimum atomic E-state index is -3.95. The van der Waals surface area contributed by atoms with Gasteiger partial charge in [0.05, 0.1) is 4.90 Å². The smallest absolute Gasteiger partial charge is 0.262 e. The molecule has 1 atom stereocenters. The molecular weight excluding hydrogens is 350 g/mol. The van der Waals surface area contributed by atoms with Gasteiger partial charge in [-0.3, -0.25) is 10.0 Å². The molecule has 2 rings (SSSR count). The van der Waals surface area contributed by atoms with Gasteiger partial charge in [-0.05, 0) is 23.6 Å². The second kappa shape index (κ2) is 7.39. The predicted octanol–water partition coefficient (Wildman–Crippen LogP) is 0.988. The average molecular weight is 369 g/mol. The SMILES string of the molecule is CN(C)c1cccc2ccc(S(=O)(=O)N[C@@H](CS)C(=O)NO)cc12. The van der Waals surface area contributed by atoms with Gasteiger partial charge in [-0.15, -0.1) is 0 Å². The molecule has 0 aromatic heterocycles. The maximum atomic E-state index is 12.5. The highest BCUT2D eigenvalue weighted by atomic mass is 32.2. The van der Waals surface area contributed by atoms with Gasteiger partial charge in [0.25, 0.3) is 5.91 Å². The number of benzene rings is 2. The van der Waals surface area contributed by atoms with E-state index in [1.165, 1.54) is 11.5 Å². The summed E-state index contributed by atoms with van der Waals surface area (Å²) in [5.41, 5.74) is 2.30. The number of hydrogen-bond acceptors (Lipinski definition) is 6. The van der Waals surface area contributed by atoms with Gasteiger partial charge < -0.3 is 4.90 Å². The quantitative estimate of drug-likeness (QED) is 0.346. The molecule has 2 aromatic carbocycles. The Morgan fingerprint density at radius 1 is 1.29 bits per heavy atom. The van der Waals surface area contributed by atoms with E-state index in [9.17, 15) is 13.2 Å². The Labute approximate surface area is 146 Å². The van der Waals surface area contributed by atoms with E-state index in [4.69, 9.17) is 5.21 Å². The fourth-order valence-corrected chi connectivity index (χ4v) is 3.90. The maximum absolute atomic E-state index is 12.5. The Morgan fingerprint density at radius 2 is 2.00 bits per heavy atom. The molecule has 0 heterocycles. The lowest BCUT2D eigenvalue weighted by Crippen LogP contribution is -2.46. The number of amides is 1. The summed E-state index contributed by atoms with van der Waals surface area (Å²) >= 11 is 3.93. The van der Waals surface area contributed by atoms with Crippen LogP contribution in [0.15, 0.2) is 41.3 Å². The molecule has 130 valence electrons. The second-order valence-electron chi connectivity index (χ2n) is 5.39. The van der Waals surface area contributed by atoms with E-state index in [1.54, 1.807) is 12.1 Å². The molecule has 2 aromatic rings. The number of rotatable bonds is 6. The average Bonchev–Trinajstić information content (AvgIpc) is 2.57. The minimum Gasteiger partial charge on any atom is -0.377 e. The molecule has 0 fully saturated rings. The minimum absolute atomic E-state index is 0.0295. The van der Waals surface area contributed by atoms with E-state index in [0.717, 1.165) is 16.5 Å². The van der Waals surface area contributed by atoms with E-state index in [1.807, 2.05) is 37.2 Å². The summed E-state index contributed by atoms with van der Waals surface area (Å²) in [6, 6.07) is 9.23. The fraction of sp³-hybridized carbons (Fsp3) is 0.267. The van der Waals surface area contributed by atoms with Gasteiger partial charge in [-0.1, -0.05) is 18.2 Å². The van der Waals surface area contributed by atoms with E-state index in [2.05, 4.69) is 17.4 Å². The van der Waals surface area contributed by atoms with Crippen LogP contribution >= 0.6 is 12.6 Å². The van der Waals surface area contributed by atoms with Crippen molar-refractivity contribution in [3.8, 4) is 0 Å². The molecule has 0 radical (unpaired) electrons. The summed E-state index contributed by atoms with van der Waals surface area (Å²) in [4.78, 5) is 13.4. The van der Waals surface area contributed by atoms with E-state index >= 15 is 0 Å². The molecule has 0 unspecified atom stereocenters. The normalized spacial score (nSPS) is 12.8. The van der Waals surface area contributed by atoms with Crippen molar-refractivity contribution in [2.24, 2.45) is 0 Å². The fourth-order valence-electron chi connectivity index (χ4n) is 2.30. The first kappa shape index (κ1) is 18.5. The summed E-state index contributed by atoms with van der Waals surface area (Å²) < 4.78 is 27.3. The molecule has 1 amide bonds. The van der Waals surface area contributed by atoms with Crippen molar-refractivity contribution in [2.45, 2.75) is 10.9 Å². The van der Waals surface area contributed by atoms with Crippen molar-refractivity contribution in [3.05, 3.63) is 36.4 Å². The molecule has 0 saturated heterocycles. The van der Waals surface area contributed by atoms with Crippen molar-refractivity contribution < 1.29 is 18.4 Å². The van der Waals surface area contributed by atoms with Crippen LogP contribution in [-0.4, -0.2) is 45.4 Å². The van der Waals surface area contributed by atoms with Crippen molar-refractivity contribution in [1.82, 2.24) is 10.2 Å². The van der Waals surface area contributed by atoms with Crippen LogP contribution < -0.4 is 15.1 Å². The zero-order chi connectivity index (χ0) is 17.9. The summed E-state index contributed by atoms with van der Waals surface area (Å²) in [6.07, 6.45) is 0. The number of thiol groups is 1. The third-order valence-corrected chi connectivity index (χ3v) is 5.36. The summed E-state index contributed by atoms with van der Waals surface area (Å²) in [6.45, 7) is 0. The van der Waals surface area contributed by atoms with E-state index in [-0.39, 0.29) is 10.6 Å². The lowest BCUT2D eigenvalue weighted by molar-refractivity contribution is -0.130. The third-order valence-electron chi connectivity index (χ3n) is 3.53. The highest BCUT2D eigenvalue weighted by Gasteiger charge is 2.24. The summed E-state index contributed by atoms with van der Waals surface area (Å²) in [5.74, 6) is -0.967. The van der Waals surface area contributed by atoms with Crippen LogP contribution in [0.3, 0.4) is 0 Å². The summed E-state index contributed by atoms with van der Waals surface area (Å²) in [7, 11) is -0.207. The zero-order valence-electron chi connectivity index (χ0n) is 13.2. The number of fused-ring (bicyclic) bond motifs is 1. The van der Waals surface area contributed by atoms with Crippen LogP contribution in [0.1, 0.15) is 0 Å². The number of anilines is 1. The zero-order valence-corrected chi connectivity index (χ0v) is 14.9. The molecular formula is C15H19N3O4S2. The number of nitrogens with zero attached hydrogens (tertiary/aromatic N) is 1. The number of hydrogen-bond donors (Lipinski definition) is 4. The van der Waals surface area contributed by atoms with Crippen molar-refractivity contribution >= 4 is 45.0 Å². The Morgan fingerprint density at radius 3 is 2.58 bits per heavy atom. The molecule has 0 aliphatic carbocycles. The third kappa shape index (κ3) is 3.81. The number of carbonyl (C=O) groups excluding carboxylic acids is 1. The van der Waals surface area contributed by atoms with E-state index < -0.39 is 22.0 Å². The molecule has 0 spiro atoms. The van der Waals surface area contributed by atoms with Gasteiger partial charge in [-0.25, -0.2) is 13.9 Å². The second-order valence-corrected chi connectivity index (χ2v) is 7.47. The number of nitrogens with one attached hydrogen (secondary N) is 2. The molecule has 0 aliphatic rings. The topological polar surface area (TPSA) is 98.7 Å². The molecule has 7 nitrogen and oxygen atoms in total. The maximum Gasteiger partial charge on any atom is 0.262 e. The molecule has 3 N–H and O–H groups in total. The Kier molecular flexibility index (Phi) is 5.70. The van der Waals surface area contributed by atoms with Crippen LogP contribution in [0.4, 0.5) is 5.69 Å². The van der Waals surface area contributed by atoms with Gasteiger partial charge in [0.1, 0.15) is 6.04 Å². The van der Waals surface area contributed by atoms with Gasteiger partial charge >= 0.3 is 0 Å².